The van der Waals surface area contributed by atoms with Crippen molar-refractivity contribution in [2.24, 2.45) is 0 Å². The first kappa shape index (κ1) is 24.3. The number of nitriles is 2. The van der Waals surface area contributed by atoms with Crippen molar-refractivity contribution in [1.29, 1.82) is 10.5 Å². The van der Waals surface area contributed by atoms with Crippen molar-refractivity contribution >= 4 is 22.7 Å². The van der Waals surface area contributed by atoms with Gasteiger partial charge in [0.25, 0.3) is 5.88 Å². The third-order valence-electron chi connectivity index (χ3n) is 6.01. The number of nitrogens with one attached hydrogen (secondary N) is 1. The summed E-state index contributed by atoms with van der Waals surface area (Å²) in [6, 6.07) is 22.6. The first-order valence-electron chi connectivity index (χ1n) is 11.8. The van der Waals surface area contributed by atoms with Gasteiger partial charge in [-0.05, 0) is 79.1 Å². The van der Waals surface area contributed by atoms with Gasteiger partial charge in [0, 0.05) is 5.69 Å². The molecule has 2 aromatic heterocycles. The molecule has 0 amide bonds. The van der Waals surface area contributed by atoms with E-state index < -0.39 is 0 Å². The van der Waals surface area contributed by atoms with Gasteiger partial charge in [0.2, 0.25) is 5.95 Å². The van der Waals surface area contributed by atoms with E-state index in [2.05, 4.69) is 27.5 Å². The molecule has 3 aromatic carbocycles. The highest BCUT2D eigenvalue weighted by atomic mass is 16.5. The first-order chi connectivity index (χ1) is 18.5. The minimum absolute atomic E-state index is 0.324. The largest absolute Gasteiger partial charge is 0.497 e. The van der Waals surface area contributed by atoms with Crippen molar-refractivity contribution in [2.45, 2.75) is 20.4 Å². The molecular weight excluding hydrogens is 478 g/mol. The van der Waals surface area contributed by atoms with E-state index in [1.165, 1.54) is 0 Å². The molecule has 0 spiro atoms. The molecule has 9 nitrogen and oxygen atoms in total. The fourth-order valence-corrected chi connectivity index (χ4v) is 4.15. The molecule has 2 heterocycles. The Labute approximate surface area is 219 Å². The van der Waals surface area contributed by atoms with E-state index >= 15 is 0 Å². The number of aryl methyl sites for hydroxylation is 2. The second-order valence-corrected chi connectivity index (χ2v) is 8.70. The predicted octanol–water partition coefficient (Wildman–Crippen LogP) is 5.78. The zero-order valence-corrected chi connectivity index (χ0v) is 21.1. The topological polar surface area (TPSA) is 122 Å². The lowest BCUT2D eigenvalue weighted by atomic mass is 10.1. The molecule has 0 radical (unpaired) electrons. The summed E-state index contributed by atoms with van der Waals surface area (Å²) in [5, 5.41) is 26.2. The highest BCUT2D eigenvalue weighted by molar-refractivity contribution is 5.81. The molecule has 186 valence electrons. The zero-order chi connectivity index (χ0) is 26.6. The van der Waals surface area contributed by atoms with Crippen LogP contribution >= 0.6 is 0 Å². The Kier molecular flexibility index (Phi) is 6.58. The second-order valence-electron chi connectivity index (χ2n) is 8.70. The van der Waals surface area contributed by atoms with Gasteiger partial charge >= 0.3 is 0 Å². The van der Waals surface area contributed by atoms with Crippen LogP contribution in [-0.2, 0) is 6.54 Å². The maximum Gasteiger partial charge on any atom is 0.250 e. The summed E-state index contributed by atoms with van der Waals surface area (Å²) in [6.45, 7) is 4.26. The number of benzene rings is 3. The summed E-state index contributed by atoms with van der Waals surface area (Å²) < 4.78 is 13.5. The van der Waals surface area contributed by atoms with Crippen molar-refractivity contribution in [3.05, 3.63) is 94.7 Å². The SMILES string of the molecule is COc1ccc(Cn2ncc3nc(Nc4ccc(C#N)cc4)nc(Oc4c(C)cc(C#N)cc4C)c32)cc1. The molecule has 0 aliphatic carbocycles. The second kappa shape index (κ2) is 10.3. The molecule has 0 unspecified atom stereocenters. The van der Waals surface area contributed by atoms with Gasteiger partial charge in [-0.25, -0.2) is 4.98 Å². The molecule has 38 heavy (non-hydrogen) atoms. The standard InChI is InChI=1S/C29H23N7O2/c1-18-12-22(15-31)13-19(2)27(18)38-28-26-25(16-32-36(26)17-21-6-10-24(37-3)11-7-21)34-29(35-28)33-23-8-4-20(14-30)5-9-23/h4-13,16H,17H2,1-3H3,(H,33,34,35). The highest BCUT2D eigenvalue weighted by Crippen LogP contribution is 2.34. The molecule has 0 atom stereocenters. The third kappa shape index (κ3) is 4.95. The summed E-state index contributed by atoms with van der Waals surface area (Å²) >= 11 is 0. The van der Waals surface area contributed by atoms with Gasteiger partial charge in [-0.3, -0.25) is 4.68 Å². The minimum Gasteiger partial charge on any atom is -0.497 e. The van der Waals surface area contributed by atoms with Gasteiger partial charge in [-0.15, -0.1) is 0 Å². The number of ether oxygens (including phenoxy) is 2. The average molecular weight is 502 g/mol. The maximum atomic E-state index is 9.34. The lowest BCUT2D eigenvalue weighted by molar-refractivity contribution is 0.414. The molecule has 0 saturated heterocycles. The Balaban J connectivity index is 1.58. The van der Waals surface area contributed by atoms with E-state index in [1.54, 1.807) is 54.4 Å². The van der Waals surface area contributed by atoms with Crippen molar-refractivity contribution < 1.29 is 9.47 Å². The Morgan fingerprint density at radius 3 is 2.21 bits per heavy atom. The predicted molar refractivity (Wildman–Crippen MR) is 143 cm³/mol. The summed E-state index contributed by atoms with van der Waals surface area (Å²) in [7, 11) is 1.63. The van der Waals surface area contributed by atoms with E-state index in [0.717, 1.165) is 28.1 Å². The summed E-state index contributed by atoms with van der Waals surface area (Å²) in [6.07, 6.45) is 1.68. The van der Waals surface area contributed by atoms with E-state index in [4.69, 9.17) is 19.7 Å². The van der Waals surface area contributed by atoms with E-state index in [9.17, 15) is 5.26 Å². The summed E-state index contributed by atoms with van der Waals surface area (Å²) in [5.74, 6) is 2.04. The molecular formula is C29H23N7O2. The van der Waals surface area contributed by atoms with Crippen LogP contribution in [0.4, 0.5) is 11.6 Å². The smallest absolute Gasteiger partial charge is 0.250 e. The minimum atomic E-state index is 0.324. The molecule has 0 saturated carbocycles. The monoisotopic (exact) mass is 501 g/mol. The van der Waals surface area contributed by atoms with Crippen molar-refractivity contribution in [3.8, 4) is 29.5 Å². The van der Waals surface area contributed by atoms with Crippen LogP contribution in [0, 0.1) is 36.5 Å². The number of hydrogen-bond acceptors (Lipinski definition) is 8. The third-order valence-corrected chi connectivity index (χ3v) is 6.01. The summed E-state index contributed by atoms with van der Waals surface area (Å²) in [4.78, 5) is 9.37. The molecule has 0 fully saturated rings. The first-order valence-corrected chi connectivity index (χ1v) is 11.8. The number of nitrogens with zero attached hydrogens (tertiary/aromatic N) is 6. The van der Waals surface area contributed by atoms with Crippen LogP contribution in [0.2, 0.25) is 0 Å². The number of aromatic nitrogens is 4. The fourth-order valence-electron chi connectivity index (χ4n) is 4.15. The van der Waals surface area contributed by atoms with Gasteiger partial charge in [0.05, 0.1) is 43.1 Å². The molecule has 5 aromatic rings. The number of fused-ring (bicyclic) bond motifs is 1. The van der Waals surface area contributed by atoms with E-state index in [-0.39, 0.29) is 0 Å². The lowest BCUT2D eigenvalue weighted by Crippen LogP contribution is -2.06. The van der Waals surface area contributed by atoms with Crippen LogP contribution in [0.3, 0.4) is 0 Å². The van der Waals surface area contributed by atoms with Gasteiger partial charge in [-0.2, -0.15) is 20.6 Å². The number of rotatable bonds is 7. The molecule has 0 aliphatic heterocycles. The highest BCUT2D eigenvalue weighted by Gasteiger charge is 2.18. The molecule has 0 aliphatic rings. The van der Waals surface area contributed by atoms with E-state index in [0.29, 0.717) is 46.3 Å². The van der Waals surface area contributed by atoms with Crippen molar-refractivity contribution in [2.75, 3.05) is 12.4 Å². The van der Waals surface area contributed by atoms with Gasteiger partial charge < -0.3 is 14.8 Å². The fraction of sp³-hybridized carbons (Fsp3) is 0.138. The Morgan fingerprint density at radius 2 is 1.58 bits per heavy atom. The average Bonchev–Trinajstić information content (AvgIpc) is 3.33. The van der Waals surface area contributed by atoms with Gasteiger partial charge in [-0.1, -0.05) is 12.1 Å². The number of methoxy groups -OCH3 is 1. The number of hydrogen-bond donors (Lipinski definition) is 1. The Bertz CT molecular complexity index is 1690. The van der Waals surface area contributed by atoms with Crippen LogP contribution in [0.15, 0.2) is 66.9 Å². The van der Waals surface area contributed by atoms with E-state index in [1.807, 2.05) is 38.1 Å². The quantitative estimate of drug-likeness (QED) is 0.298. The lowest BCUT2D eigenvalue weighted by Gasteiger charge is -2.15. The summed E-state index contributed by atoms with van der Waals surface area (Å²) in [5.41, 5.74) is 5.73. The Hall–Kier alpha value is -5.41. The van der Waals surface area contributed by atoms with Crippen LogP contribution in [-0.4, -0.2) is 26.9 Å². The molecule has 5 rings (SSSR count). The maximum absolute atomic E-state index is 9.34. The molecule has 9 heteroatoms. The van der Waals surface area contributed by atoms with Gasteiger partial charge in [0.1, 0.15) is 22.5 Å². The molecule has 0 bridgehead atoms. The van der Waals surface area contributed by atoms with Crippen molar-refractivity contribution in [3.63, 3.8) is 0 Å². The normalized spacial score (nSPS) is 10.6. The zero-order valence-electron chi connectivity index (χ0n) is 21.1. The van der Waals surface area contributed by atoms with Crippen LogP contribution in [0.1, 0.15) is 27.8 Å². The number of anilines is 2. The van der Waals surface area contributed by atoms with Crippen LogP contribution in [0.25, 0.3) is 11.0 Å². The Morgan fingerprint density at radius 1 is 0.895 bits per heavy atom. The van der Waals surface area contributed by atoms with Crippen molar-refractivity contribution in [1.82, 2.24) is 19.7 Å². The molecule has 1 N–H and O–H groups in total. The van der Waals surface area contributed by atoms with Crippen LogP contribution < -0.4 is 14.8 Å². The van der Waals surface area contributed by atoms with Crippen LogP contribution in [0.5, 0.6) is 17.4 Å². The van der Waals surface area contributed by atoms with Gasteiger partial charge in [0.15, 0.2) is 0 Å².